The van der Waals surface area contributed by atoms with Crippen molar-refractivity contribution in [1.82, 2.24) is 9.47 Å². The molecule has 5 heteroatoms. The van der Waals surface area contributed by atoms with Crippen LogP contribution < -0.4 is 4.74 Å². The molecule has 1 aliphatic rings. The standard InChI is InChI=1S/C21H21BrN2O2/c1-23-18-6-4-3-5-17(18)19(22)20(23)21(25)24-12-11-15(13-24)14-7-9-16(26-2)10-8-14/h3-10,15H,11-13H2,1-2H3. The summed E-state index contributed by atoms with van der Waals surface area (Å²) in [6, 6.07) is 16.3. The van der Waals surface area contributed by atoms with E-state index in [2.05, 4.69) is 28.1 Å². The van der Waals surface area contributed by atoms with Gasteiger partial charge in [0.15, 0.2) is 0 Å². The number of hydrogen-bond donors (Lipinski definition) is 0. The maximum absolute atomic E-state index is 13.2. The average molecular weight is 413 g/mol. The maximum Gasteiger partial charge on any atom is 0.271 e. The Morgan fingerprint density at radius 2 is 1.88 bits per heavy atom. The topological polar surface area (TPSA) is 34.5 Å². The van der Waals surface area contributed by atoms with Gasteiger partial charge in [-0.05, 0) is 46.1 Å². The third-order valence-corrected chi connectivity index (χ3v) is 6.11. The third kappa shape index (κ3) is 2.80. The van der Waals surface area contributed by atoms with E-state index < -0.39 is 0 Å². The largest absolute Gasteiger partial charge is 0.497 e. The molecule has 1 fully saturated rings. The van der Waals surface area contributed by atoms with Gasteiger partial charge in [-0.3, -0.25) is 4.79 Å². The number of halogens is 1. The predicted molar refractivity (Wildman–Crippen MR) is 107 cm³/mol. The molecule has 0 radical (unpaired) electrons. The fourth-order valence-corrected chi connectivity index (χ4v) is 4.60. The van der Waals surface area contributed by atoms with Gasteiger partial charge in [0.05, 0.1) is 11.6 Å². The summed E-state index contributed by atoms with van der Waals surface area (Å²) < 4.78 is 8.10. The Kier molecular flexibility index (Phi) is 4.49. The van der Waals surface area contributed by atoms with E-state index in [0.29, 0.717) is 5.92 Å². The van der Waals surface area contributed by atoms with Crippen LogP contribution in [-0.4, -0.2) is 35.6 Å². The Bertz CT molecular complexity index is 923. The highest BCUT2D eigenvalue weighted by atomic mass is 79.9. The van der Waals surface area contributed by atoms with Gasteiger partial charge in [0.2, 0.25) is 0 Å². The Hall–Kier alpha value is -2.27. The van der Waals surface area contributed by atoms with Crippen molar-refractivity contribution < 1.29 is 9.53 Å². The molecule has 1 atom stereocenters. The van der Waals surface area contributed by atoms with E-state index in [1.807, 2.05) is 52.9 Å². The quantitative estimate of drug-likeness (QED) is 0.630. The molecule has 1 amide bonds. The van der Waals surface area contributed by atoms with Crippen molar-refractivity contribution in [3.05, 3.63) is 64.3 Å². The molecule has 4 nitrogen and oxygen atoms in total. The summed E-state index contributed by atoms with van der Waals surface area (Å²) in [5.74, 6) is 1.32. The van der Waals surface area contributed by atoms with Crippen molar-refractivity contribution in [2.24, 2.45) is 7.05 Å². The zero-order valence-corrected chi connectivity index (χ0v) is 16.5. The van der Waals surface area contributed by atoms with Gasteiger partial charge in [-0.2, -0.15) is 0 Å². The van der Waals surface area contributed by atoms with Crippen molar-refractivity contribution >= 4 is 32.7 Å². The first kappa shape index (κ1) is 17.2. The van der Waals surface area contributed by atoms with E-state index in [0.717, 1.165) is 46.3 Å². The number of hydrogen-bond acceptors (Lipinski definition) is 2. The fourth-order valence-electron chi connectivity index (χ4n) is 3.83. The van der Waals surface area contributed by atoms with Gasteiger partial charge >= 0.3 is 0 Å². The molecule has 4 rings (SSSR count). The Labute approximate surface area is 161 Å². The minimum absolute atomic E-state index is 0.0894. The third-order valence-electron chi connectivity index (χ3n) is 5.31. The highest BCUT2D eigenvalue weighted by Gasteiger charge is 2.31. The van der Waals surface area contributed by atoms with E-state index in [1.165, 1.54) is 5.56 Å². The number of ether oxygens (including phenoxy) is 1. The van der Waals surface area contributed by atoms with E-state index >= 15 is 0 Å². The minimum Gasteiger partial charge on any atom is -0.497 e. The monoisotopic (exact) mass is 412 g/mol. The first-order valence-electron chi connectivity index (χ1n) is 8.76. The van der Waals surface area contributed by atoms with Crippen molar-refractivity contribution in [3.63, 3.8) is 0 Å². The molecule has 0 saturated carbocycles. The lowest BCUT2D eigenvalue weighted by Gasteiger charge is -2.18. The molecule has 2 heterocycles. The molecule has 0 bridgehead atoms. The number of amides is 1. The molecule has 1 saturated heterocycles. The Balaban J connectivity index is 1.58. The van der Waals surface area contributed by atoms with E-state index in [9.17, 15) is 4.79 Å². The van der Waals surface area contributed by atoms with Crippen LogP contribution in [-0.2, 0) is 7.05 Å². The first-order chi connectivity index (χ1) is 12.6. The SMILES string of the molecule is COc1ccc(C2CCN(C(=O)c3c(Br)c4ccccc4n3C)C2)cc1. The number of nitrogens with zero attached hydrogens (tertiary/aromatic N) is 2. The van der Waals surface area contributed by atoms with Crippen molar-refractivity contribution in [2.45, 2.75) is 12.3 Å². The van der Waals surface area contributed by atoms with Crippen molar-refractivity contribution in [1.29, 1.82) is 0 Å². The predicted octanol–water partition coefficient (Wildman–Crippen LogP) is 4.58. The molecule has 0 aliphatic carbocycles. The highest BCUT2D eigenvalue weighted by molar-refractivity contribution is 9.10. The number of fused-ring (bicyclic) bond motifs is 1. The molecule has 134 valence electrons. The number of rotatable bonds is 3. The van der Waals surface area contributed by atoms with Crippen LogP contribution in [0.5, 0.6) is 5.75 Å². The lowest BCUT2D eigenvalue weighted by atomic mass is 9.98. The Morgan fingerprint density at radius 1 is 1.15 bits per heavy atom. The molecular weight excluding hydrogens is 392 g/mol. The molecule has 0 spiro atoms. The lowest BCUT2D eigenvalue weighted by molar-refractivity contribution is 0.0781. The number of likely N-dealkylation sites (tertiary alicyclic amines) is 1. The molecule has 1 aliphatic heterocycles. The second kappa shape index (κ2) is 6.80. The van der Waals surface area contributed by atoms with Crippen molar-refractivity contribution in [2.75, 3.05) is 20.2 Å². The molecule has 1 unspecified atom stereocenters. The number of methoxy groups -OCH3 is 1. The normalized spacial score (nSPS) is 17.0. The zero-order valence-electron chi connectivity index (χ0n) is 14.9. The first-order valence-corrected chi connectivity index (χ1v) is 9.55. The van der Waals surface area contributed by atoms with Crippen LogP contribution in [0.15, 0.2) is 53.0 Å². The number of carbonyl (C=O) groups excluding carboxylic acids is 1. The molecule has 3 aromatic rings. The van der Waals surface area contributed by atoms with E-state index in [-0.39, 0.29) is 5.91 Å². The number of aromatic nitrogens is 1. The minimum atomic E-state index is 0.0894. The number of carbonyl (C=O) groups is 1. The maximum atomic E-state index is 13.2. The van der Waals surface area contributed by atoms with Gasteiger partial charge in [-0.25, -0.2) is 0 Å². The molecule has 2 aromatic carbocycles. The summed E-state index contributed by atoms with van der Waals surface area (Å²) in [5, 5.41) is 1.07. The van der Waals surface area contributed by atoms with Crippen LogP contribution in [0.3, 0.4) is 0 Å². The molecule has 1 aromatic heterocycles. The average Bonchev–Trinajstić information content (AvgIpc) is 3.26. The van der Waals surface area contributed by atoms with E-state index in [4.69, 9.17) is 4.74 Å². The number of para-hydroxylation sites is 1. The fraction of sp³-hybridized carbons (Fsp3) is 0.286. The van der Waals surface area contributed by atoms with Crippen LogP contribution in [0, 0.1) is 0 Å². The summed E-state index contributed by atoms with van der Waals surface area (Å²) in [4.78, 5) is 15.2. The second-order valence-electron chi connectivity index (χ2n) is 6.75. The number of aryl methyl sites for hydroxylation is 1. The highest BCUT2D eigenvalue weighted by Crippen LogP contribution is 2.34. The smallest absolute Gasteiger partial charge is 0.271 e. The summed E-state index contributed by atoms with van der Waals surface area (Å²) in [7, 11) is 3.63. The van der Waals surface area contributed by atoms with Gasteiger partial charge < -0.3 is 14.2 Å². The van der Waals surface area contributed by atoms with Crippen LogP contribution in [0.1, 0.15) is 28.4 Å². The Morgan fingerprint density at radius 3 is 2.58 bits per heavy atom. The van der Waals surface area contributed by atoms with Gasteiger partial charge in [-0.1, -0.05) is 30.3 Å². The summed E-state index contributed by atoms with van der Waals surface area (Å²) in [6.07, 6.45) is 0.986. The number of benzene rings is 2. The van der Waals surface area contributed by atoms with E-state index in [1.54, 1.807) is 7.11 Å². The summed E-state index contributed by atoms with van der Waals surface area (Å²) >= 11 is 3.64. The van der Waals surface area contributed by atoms with Gasteiger partial charge in [-0.15, -0.1) is 0 Å². The van der Waals surface area contributed by atoms with Gasteiger partial charge in [0.25, 0.3) is 5.91 Å². The van der Waals surface area contributed by atoms with Crippen LogP contribution in [0.2, 0.25) is 0 Å². The second-order valence-corrected chi connectivity index (χ2v) is 7.54. The molecule has 26 heavy (non-hydrogen) atoms. The summed E-state index contributed by atoms with van der Waals surface area (Å²) in [5.41, 5.74) is 3.05. The zero-order chi connectivity index (χ0) is 18.3. The lowest BCUT2D eigenvalue weighted by Crippen LogP contribution is -2.30. The van der Waals surface area contributed by atoms with Crippen LogP contribution in [0.25, 0.3) is 10.9 Å². The van der Waals surface area contributed by atoms with Crippen molar-refractivity contribution in [3.8, 4) is 5.75 Å². The molecule has 0 N–H and O–H groups in total. The van der Waals surface area contributed by atoms with Crippen LogP contribution in [0.4, 0.5) is 0 Å². The van der Waals surface area contributed by atoms with Crippen LogP contribution >= 0.6 is 15.9 Å². The van der Waals surface area contributed by atoms with Gasteiger partial charge in [0.1, 0.15) is 11.4 Å². The molecular formula is C21H21BrN2O2. The summed E-state index contributed by atoms with van der Waals surface area (Å²) in [6.45, 7) is 1.53. The van der Waals surface area contributed by atoms with Gasteiger partial charge in [0, 0.05) is 37.0 Å².